The van der Waals surface area contributed by atoms with Gasteiger partial charge in [-0.05, 0) is 49.7 Å². The number of hydrogen-bond acceptors (Lipinski definition) is 2. The maximum atomic E-state index is 5.89. The van der Waals surface area contributed by atoms with Crippen molar-refractivity contribution in [2.24, 2.45) is 11.8 Å². The Hall–Kier alpha value is -0.730. The molecule has 0 radical (unpaired) electrons. The molecule has 0 bridgehead atoms. The first-order valence-corrected chi connectivity index (χ1v) is 6.53. The summed E-state index contributed by atoms with van der Waals surface area (Å²) in [7, 11) is 4.14. The number of anilines is 1. The molecule has 2 nitrogen and oxygen atoms in total. The molecule has 0 saturated carbocycles. The first-order chi connectivity index (χ1) is 8.04. The van der Waals surface area contributed by atoms with Crippen LogP contribution < -0.4 is 10.2 Å². The van der Waals surface area contributed by atoms with E-state index in [9.17, 15) is 0 Å². The highest BCUT2D eigenvalue weighted by molar-refractivity contribution is 6.30. The molecule has 0 aliphatic carbocycles. The molecule has 0 saturated heterocycles. The van der Waals surface area contributed by atoms with E-state index in [1.807, 2.05) is 19.2 Å². The van der Waals surface area contributed by atoms with Gasteiger partial charge in [0.1, 0.15) is 0 Å². The van der Waals surface area contributed by atoms with E-state index in [1.165, 1.54) is 5.69 Å². The molecule has 1 N–H and O–H groups in total. The monoisotopic (exact) mass is 254 g/mol. The van der Waals surface area contributed by atoms with Gasteiger partial charge in [0.15, 0.2) is 0 Å². The lowest BCUT2D eigenvalue weighted by molar-refractivity contribution is 0.376. The quantitative estimate of drug-likeness (QED) is 0.838. The van der Waals surface area contributed by atoms with Crippen molar-refractivity contribution in [1.82, 2.24) is 5.32 Å². The van der Waals surface area contributed by atoms with Gasteiger partial charge in [-0.2, -0.15) is 0 Å². The van der Waals surface area contributed by atoms with E-state index in [2.05, 4.69) is 43.2 Å². The second-order valence-corrected chi connectivity index (χ2v) is 5.36. The lowest BCUT2D eigenvalue weighted by Gasteiger charge is -2.28. The van der Waals surface area contributed by atoms with E-state index in [0.717, 1.165) is 18.1 Å². The van der Waals surface area contributed by atoms with Crippen LogP contribution in [-0.2, 0) is 0 Å². The van der Waals surface area contributed by atoms with Gasteiger partial charge >= 0.3 is 0 Å². The fraction of sp³-hybridized carbons (Fsp3) is 0.571. The van der Waals surface area contributed by atoms with Crippen LogP contribution >= 0.6 is 11.6 Å². The third-order valence-corrected chi connectivity index (χ3v) is 3.44. The summed E-state index contributed by atoms with van der Waals surface area (Å²) >= 11 is 5.89. The Bertz CT molecular complexity index is 321. The third kappa shape index (κ3) is 4.57. The molecule has 0 aliphatic heterocycles. The smallest absolute Gasteiger partial charge is 0.0407 e. The van der Waals surface area contributed by atoms with Crippen LogP contribution in [0.2, 0.25) is 5.02 Å². The van der Waals surface area contributed by atoms with E-state index >= 15 is 0 Å². The van der Waals surface area contributed by atoms with Crippen LogP contribution in [0.25, 0.3) is 0 Å². The summed E-state index contributed by atoms with van der Waals surface area (Å²) < 4.78 is 0. The van der Waals surface area contributed by atoms with Gasteiger partial charge in [0.05, 0.1) is 0 Å². The largest absolute Gasteiger partial charge is 0.374 e. The molecular weight excluding hydrogens is 232 g/mol. The lowest BCUT2D eigenvalue weighted by Crippen LogP contribution is -2.34. The standard InChI is InChI=1S/C14H23ClN2/c1-11(2)12(9-16-3)10-17(4)14-7-5-13(15)6-8-14/h5-8,11-12,16H,9-10H2,1-4H3. The Kier molecular flexibility index (Phi) is 5.79. The van der Waals surface area contributed by atoms with Crippen LogP contribution in [0.15, 0.2) is 24.3 Å². The van der Waals surface area contributed by atoms with Crippen molar-refractivity contribution in [1.29, 1.82) is 0 Å². The van der Waals surface area contributed by atoms with Gasteiger partial charge in [-0.25, -0.2) is 0 Å². The van der Waals surface area contributed by atoms with Crippen molar-refractivity contribution in [3.8, 4) is 0 Å². The van der Waals surface area contributed by atoms with Gasteiger partial charge in [-0.15, -0.1) is 0 Å². The Balaban J connectivity index is 2.63. The minimum atomic E-state index is 0.653. The molecule has 0 aliphatic rings. The van der Waals surface area contributed by atoms with Crippen LogP contribution in [0.3, 0.4) is 0 Å². The van der Waals surface area contributed by atoms with Gasteiger partial charge in [-0.3, -0.25) is 0 Å². The van der Waals surface area contributed by atoms with Crippen molar-refractivity contribution in [3.63, 3.8) is 0 Å². The number of benzene rings is 1. The number of hydrogen-bond donors (Lipinski definition) is 1. The van der Waals surface area contributed by atoms with Gasteiger partial charge in [0.2, 0.25) is 0 Å². The summed E-state index contributed by atoms with van der Waals surface area (Å²) in [5, 5.41) is 4.06. The molecule has 0 heterocycles. The summed E-state index contributed by atoms with van der Waals surface area (Å²) in [6.45, 7) is 6.66. The predicted molar refractivity (Wildman–Crippen MR) is 77.0 cm³/mol. The number of halogens is 1. The molecule has 3 heteroatoms. The zero-order chi connectivity index (χ0) is 12.8. The first-order valence-electron chi connectivity index (χ1n) is 6.16. The molecule has 1 atom stereocenters. The van der Waals surface area contributed by atoms with Crippen molar-refractivity contribution < 1.29 is 0 Å². The fourth-order valence-corrected chi connectivity index (χ4v) is 2.05. The number of nitrogens with one attached hydrogen (secondary N) is 1. The van der Waals surface area contributed by atoms with E-state index in [-0.39, 0.29) is 0 Å². The molecule has 1 unspecified atom stereocenters. The van der Waals surface area contributed by atoms with Gasteiger partial charge < -0.3 is 10.2 Å². The average molecular weight is 255 g/mol. The average Bonchev–Trinajstić information content (AvgIpc) is 2.29. The van der Waals surface area contributed by atoms with E-state index < -0.39 is 0 Å². The summed E-state index contributed by atoms with van der Waals surface area (Å²) in [4.78, 5) is 2.29. The Morgan fingerprint density at radius 1 is 1.24 bits per heavy atom. The summed E-state index contributed by atoms with van der Waals surface area (Å²) in [5.41, 5.74) is 1.22. The molecule has 17 heavy (non-hydrogen) atoms. The second kappa shape index (κ2) is 6.87. The van der Waals surface area contributed by atoms with Crippen molar-refractivity contribution >= 4 is 17.3 Å². The van der Waals surface area contributed by atoms with Crippen LogP contribution in [0.1, 0.15) is 13.8 Å². The van der Waals surface area contributed by atoms with Crippen LogP contribution in [0, 0.1) is 11.8 Å². The molecule has 1 aromatic carbocycles. The predicted octanol–water partition coefficient (Wildman–Crippen LogP) is 3.27. The molecule has 0 amide bonds. The SMILES string of the molecule is CNCC(CN(C)c1ccc(Cl)cc1)C(C)C. The lowest BCUT2D eigenvalue weighted by atomic mass is 9.95. The highest BCUT2D eigenvalue weighted by atomic mass is 35.5. The Labute approximate surface area is 110 Å². The molecule has 96 valence electrons. The first kappa shape index (κ1) is 14.3. The van der Waals surface area contributed by atoms with Gasteiger partial charge in [0, 0.05) is 24.3 Å². The topological polar surface area (TPSA) is 15.3 Å². The fourth-order valence-electron chi connectivity index (χ4n) is 1.93. The van der Waals surface area contributed by atoms with E-state index in [1.54, 1.807) is 0 Å². The summed E-state index contributed by atoms with van der Waals surface area (Å²) in [6, 6.07) is 8.02. The summed E-state index contributed by atoms with van der Waals surface area (Å²) in [5.74, 6) is 1.33. The normalized spacial score (nSPS) is 12.8. The van der Waals surface area contributed by atoms with E-state index in [0.29, 0.717) is 11.8 Å². The maximum absolute atomic E-state index is 5.89. The molecule has 0 spiro atoms. The third-order valence-electron chi connectivity index (χ3n) is 3.18. The Morgan fingerprint density at radius 3 is 2.29 bits per heavy atom. The second-order valence-electron chi connectivity index (χ2n) is 4.92. The molecular formula is C14H23ClN2. The molecule has 1 aromatic rings. The number of nitrogens with zero attached hydrogens (tertiary/aromatic N) is 1. The van der Waals surface area contributed by atoms with Gasteiger partial charge in [-0.1, -0.05) is 25.4 Å². The van der Waals surface area contributed by atoms with Crippen molar-refractivity contribution in [3.05, 3.63) is 29.3 Å². The number of rotatable bonds is 6. The van der Waals surface area contributed by atoms with E-state index in [4.69, 9.17) is 11.6 Å². The highest BCUT2D eigenvalue weighted by Gasteiger charge is 2.15. The maximum Gasteiger partial charge on any atom is 0.0407 e. The molecule has 0 fully saturated rings. The summed E-state index contributed by atoms with van der Waals surface area (Å²) in [6.07, 6.45) is 0. The van der Waals surface area contributed by atoms with Crippen molar-refractivity contribution in [2.75, 3.05) is 32.1 Å². The van der Waals surface area contributed by atoms with Crippen LogP contribution in [0.5, 0.6) is 0 Å². The molecule has 0 aromatic heterocycles. The highest BCUT2D eigenvalue weighted by Crippen LogP contribution is 2.19. The minimum Gasteiger partial charge on any atom is -0.374 e. The van der Waals surface area contributed by atoms with Gasteiger partial charge in [0.25, 0.3) is 0 Å². The van der Waals surface area contributed by atoms with Crippen LogP contribution in [-0.4, -0.2) is 27.2 Å². The van der Waals surface area contributed by atoms with Crippen molar-refractivity contribution in [2.45, 2.75) is 13.8 Å². The zero-order valence-corrected chi connectivity index (χ0v) is 12.0. The zero-order valence-electron chi connectivity index (χ0n) is 11.2. The minimum absolute atomic E-state index is 0.653. The van der Waals surface area contributed by atoms with Crippen LogP contribution in [0.4, 0.5) is 5.69 Å². The molecule has 1 rings (SSSR count). The Morgan fingerprint density at radius 2 is 1.82 bits per heavy atom.